The topological polar surface area (TPSA) is 69.6 Å². The molecule has 2 aliphatic rings. The first kappa shape index (κ1) is 20.2. The minimum atomic E-state index is -0.701. The number of rotatable bonds is 4. The minimum absolute atomic E-state index is 0.155. The maximum atomic E-state index is 13.1. The van der Waals surface area contributed by atoms with E-state index in [2.05, 4.69) is 41.4 Å². The van der Waals surface area contributed by atoms with E-state index in [-0.39, 0.29) is 6.03 Å². The summed E-state index contributed by atoms with van der Waals surface area (Å²) < 4.78 is 0. The van der Waals surface area contributed by atoms with E-state index in [0.717, 1.165) is 43.3 Å². The van der Waals surface area contributed by atoms with Gasteiger partial charge in [-0.25, -0.2) is 14.8 Å². The molecule has 0 N–H and O–H groups in total. The molecule has 2 aliphatic heterocycles. The highest BCUT2D eigenvalue weighted by atomic mass is 16.2. The van der Waals surface area contributed by atoms with Gasteiger partial charge >= 0.3 is 6.03 Å². The van der Waals surface area contributed by atoms with Crippen LogP contribution in [-0.2, 0) is 11.2 Å². The highest BCUT2D eigenvalue weighted by molar-refractivity contribution is 6.02. The highest BCUT2D eigenvalue weighted by Crippen LogP contribution is 2.37. The maximum Gasteiger partial charge on any atom is 0.326 e. The first-order valence-electron chi connectivity index (χ1n) is 10.9. The maximum absolute atomic E-state index is 13.1. The molecule has 2 aromatic carbocycles. The fraction of sp³-hybridized carbons (Fsp3) is 0.280. The number of hydrogen-bond donors (Lipinski definition) is 0. The second kappa shape index (κ2) is 8.42. The number of anilines is 2. The average molecular weight is 428 g/mol. The van der Waals surface area contributed by atoms with Crippen LogP contribution in [0.1, 0.15) is 24.2 Å². The zero-order chi connectivity index (χ0) is 22.1. The Morgan fingerprint density at radius 2 is 1.72 bits per heavy atom. The summed E-state index contributed by atoms with van der Waals surface area (Å²) in [5.74, 6) is 1.27. The van der Waals surface area contributed by atoms with Gasteiger partial charge in [0.1, 0.15) is 11.5 Å². The predicted molar refractivity (Wildman–Crippen MR) is 124 cm³/mol. The number of aldehydes is 1. The van der Waals surface area contributed by atoms with Gasteiger partial charge in [-0.3, -0.25) is 9.69 Å². The Morgan fingerprint density at radius 3 is 2.41 bits per heavy atom. The number of hydrogen-bond acceptors (Lipinski definition) is 5. The number of likely N-dealkylation sites (N-methyl/N-ethyl adjacent to an activating group) is 1. The molecule has 0 saturated carbocycles. The summed E-state index contributed by atoms with van der Waals surface area (Å²) in [5, 5.41) is 0. The summed E-state index contributed by atoms with van der Waals surface area (Å²) in [4.78, 5) is 39.2. The van der Waals surface area contributed by atoms with Gasteiger partial charge in [0.15, 0.2) is 18.3 Å². The second-order valence-electron chi connectivity index (χ2n) is 8.24. The quantitative estimate of drug-likeness (QED) is 0.594. The van der Waals surface area contributed by atoms with Crippen molar-refractivity contribution in [1.82, 2.24) is 14.9 Å². The van der Waals surface area contributed by atoms with Crippen molar-refractivity contribution in [2.75, 3.05) is 29.9 Å². The Kier molecular flexibility index (Phi) is 5.31. The number of nitrogens with zero attached hydrogens (tertiary/aromatic N) is 5. The lowest BCUT2D eigenvalue weighted by Crippen LogP contribution is -2.50. The molecular weight excluding hydrogens is 402 g/mol. The van der Waals surface area contributed by atoms with Crippen LogP contribution in [0.5, 0.6) is 0 Å². The summed E-state index contributed by atoms with van der Waals surface area (Å²) in [7, 11) is 1.79. The molecule has 0 aliphatic carbocycles. The summed E-state index contributed by atoms with van der Waals surface area (Å²) in [6.07, 6.45) is 4.32. The van der Waals surface area contributed by atoms with Crippen LogP contribution in [0.3, 0.4) is 0 Å². The van der Waals surface area contributed by atoms with Crippen LogP contribution in [0.25, 0.3) is 11.1 Å². The fourth-order valence-corrected chi connectivity index (χ4v) is 4.41. The Bertz CT molecular complexity index is 1130. The van der Waals surface area contributed by atoms with Crippen molar-refractivity contribution >= 4 is 23.8 Å². The Morgan fingerprint density at radius 1 is 1.03 bits per heavy atom. The van der Waals surface area contributed by atoms with Crippen LogP contribution in [0.4, 0.5) is 16.3 Å². The lowest BCUT2D eigenvalue weighted by molar-refractivity contribution is -0.108. The van der Waals surface area contributed by atoms with Crippen LogP contribution < -0.4 is 9.80 Å². The number of likely N-dealkylation sites (tertiary alicyclic amines) is 1. The van der Waals surface area contributed by atoms with Crippen LogP contribution in [-0.4, -0.2) is 53.5 Å². The Balaban J connectivity index is 1.38. The smallest absolute Gasteiger partial charge is 0.326 e. The van der Waals surface area contributed by atoms with E-state index in [1.54, 1.807) is 23.0 Å². The zero-order valence-corrected chi connectivity index (χ0v) is 18.0. The molecular formula is C25H25N5O2. The van der Waals surface area contributed by atoms with Crippen molar-refractivity contribution in [3.05, 3.63) is 72.2 Å². The molecule has 0 bridgehead atoms. The number of fused-ring (bicyclic) bond motifs is 1. The molecule has 1 fully saturated rings. The molecule has 3 aromatic rings. The third-order valence-electron chi connectivity index (χ3n) is 6.18. The van der Waals surface area contributed by atoms with Gasteiger partial charge in [0.05, 0.1) is 6.20 Å². The fourth-order valence-electron chi connectivity index (χ4n) is 4.41. The van der Waals surface area contributed by atoms with Gasteiger partial charge in [0.2, 0.25) is 0 Å². The summed E-state index contributed by atoms with van der Waals surface area (Å²) >= 11 is 0. The van der Waals surface area contributed by atoms with Crippen molar-refractivity contribution in [2.45, 2.75) is 25.4 Å². The highest BCUT2D eigenvalue weighted by Gasteiger charge is 2.41. The molecule has 7 heteroatoms. The molecule has 0 radical (unpaired) electrons. The molecule has 2 amide bonds. The van der Waals surface area contributed by atoms with E-state index in [4.69, 9.17) is 4.98 Å². The van der Waals surface area contributed by atoms with Gasteiger partial charge in [-0.15, -0.1) is 0 Å². The van der Waals surface area contributed by atoms with Crippen LogP contribution in [0.2, 0.25) is 0 Å². The molecule has 7 nitrogen and oxygen atoms in total. The SMILES string of the molecule is CN1c2nc(Cc3ccc(-c4ccccc4)cc3)ncc2N(C(=O)N2CCCC2)C1C=O. The third-order valence-corrected chi connectivity index (χ3v) is 6.18. The minimum Gasteiger partial charge on any atom is -0.331 e. The number of amides is 2. The molecule has 1 atom stereocenters. The molecule has 1 aromatic heterocycles. The van der Waals surface area contributed by atoms with E-state index in [0.29, 0.717) is 23.8 Å². The number of benzene rings is 2. The number of urea groups is 1. The lowest BCUT2D eigenvalue weighted by atomic mass is 10.0. The largest absolute Gasteiger partial charge is 0.331 e. The first-order chi connectivity index (χ1) is 15.7. The van der Waals surface area contributed by atoms with Crippen molar-refractivity contribution in [3.63, 3.8) is 0 Å². The molecule has 5 rings (SSSR count). The average Bonchev–Trinajstić information content (AvgIpc) is 3.47. The van der Waals surface area contributed by atoms with E-state index in [9.17, 15) is 9.59 Å². The standard InChI is InChI=1S/C25H25N5O2/c1-28-23(17-31)30(25(32)29-13-5-6-14-29)21-16-26-22(27-24(21)28)15-18-9-11-20(12-10-18)19-7-3-2-4-8-19/h2-4,7-12,16-17,23H,5-6,13-15H2,1H3. The van der Waals surface area contributed by atoms with Crippen LogP contribution in [0.15, 0.2) is 60.8 Å². The van der Waals surface area contributed by atoms with Crippen molar-refractivity contribution in [1.29, 1.82) is 0 Å². The van der Waals surface area contributed by atoms with Gasteiger partial charge in [0.25, 0.3) is 0 Å². The lowest BCUT2D eigenvalue weighted by Gasteiger charge is -2.28. The Labute approximate surface area is 187 Å². The van der Waals surface area contributed by atoms with E-state index in [1.165, 1.54) is 10.5 Å². The summed E-state index contributed by atoms with van der Waals surface area (Å²) in [6, 6.07) is 18.5. The number of carbonyl (C=O) groups excluding carboxylic acids is 2. The van der Waals surface area contributed by atoms with E-state index >= 15 is 0 Å². The molecule has 1 saturated heterocycles. The van der Waals surface area contributed by atoms with Gasteiger partial charge in [-0.1, -0.05) is 54.6 Å². The van der Waals surface area contributed by atoms with Crippen LogP contribution in [0, 0.1) is 0 Å². The van der Waals surface area contributed by atoms with Gasteiger partial charge in [-0.05, 0) is 29.5 Å². The van der Waals surface area contributed by atoms with Crippen LogP contribution >= 0.6 is 0 Å². The third kappa shape index (κ3) is 3.60. The molecule has 32 heavy (non-hydrogen) atoms. The Hall–Kier alpha value is -3.74. The molecule has 1 unspecified atom stereocenters. The number of aromatic nitrogens is 2. The van der Waals surface area contributed by atoms with E-state index < -0.39 is 6.17 Å². The number of carbonyl (C=O) groups is 2. The monoisotopic (exact) mass is 427 g/mol. The zero-order valence-electron chi connectivity index (χ0n) is 18.0. The van der Waals surface area contributed by atoms with E-state index in [1.807, 2.05) is 18.2 Å². The van der Waals surface area contributed by atoms with Crippen molar-refractivity contribution < 1.29 is 9.59 Å². The summed E-state index contributed by atoms with van der Waals surface area (Å²) in [6.45, 7) is 1.44. The van der Waals surface area contributed by atoms with Gasteiger partial charge < -0.3 is 9.80 Å². The van der Waals surface area contributed by atoms with Crippen molar-refractivity contribution in [2.24, 2.45) is 0 Å². The van der Waals surface area contributed by atoms with Gasteiger partial charge in [0, 0.05) is 26.6 Å². The van der Waals surface area contributed by atoms with Gasteiger partial charge in [-0.2, -0.15) is 0 Å². The van der Waals surface area contributed by atoms with Crippen molar-refractivity contribution in [3.8, 4) is 11.1 Å². The second-order valence-corrected chi connectivity index (χ2v) is 8.24. The normalized spacial score (nSPS) is 17.5. The predicted octanol–water partition coefficient (Wildman–Crippen LogP) is 3.73. The molecule has 0 spiro atoms. The summed E-state index contributed by atoms with van der Waals surface area (Å²) in [5.41, 5.74) is 4.03. The molecule has 3 heterocycles. The first-order valence-corrected chi connectivity index (χ1v) is 10.9. The molecule has 162 valence electrons.